The van der Waals surface area contributed by atoms with Crippen LogP contribution in [0.1, 0.15) is 133 Å². The van der Waals surface area contributed by atoms with Gasteiger partial charge in [0.15, 0.2) is 0 Å². The van der Waals surface area contributed by atoms with Crippen molar-refractivity contribution in [1.82, 2.24) is 0 Å². The van der Waals surface area contributed by atoms with Crippen LogP contribution in [-0.4, -0.2) is 29.6 Å². The van der Waals surface area contributed by atoms with Crippen molar-refractivity contribution in [2.75, 3.05) is 6.61 Å². The van der Waals surface area contributed by atoms with Gasteiger partial charge in [0.25, 0.3) is 0 Å². The van der Waals surface area contributed by atoms with Crippen LogP contribution in [0.3, 0.4) is 0 Å². The highest BCUT2D eigenvalue weighted by Gasteiger charge is 2.71. The fraction of sp³-hybridized carbons (Fsp3) is 0.895. The Morgan fingerprint density at radius 2 is 1.55 bits per heavy atom. The fourth-order valence-corrected chi connectivity index (χ4v) is 12.7. The molecule has 0 aromatic heterocycles. The number of aliphatic hydroxyl groups excluding tert-OH is 1. The van der Waals surface area contributed by atoms with Crippen molar-refractivity contribution < 1.29 is 19.4 Å². The van der Waals surface area contributed by atoms with Crippen LogP contribution in [0.25, 0.3) is 0 Å². The maximum atomic E-state index is 13.4. The molecule has 1 N–H and O–H groups in total. The molecule has 0 spiro atoms. The van der Waals surface area contributed by atoms with Crippen molar-refractivity contribution in [2.45, 2.75) is 139 Å². The monoisotopic (exact) mass is 582 g/mol. The van der Waals surface area contributed by atoms with E-state index in [9.17, 15) is 14.7 Å². The minimum atomic E-state index is -0.354. The Hall–Kier alpha value is -1.16. The van der Waals surface area contributed by atoms with Crippen LogP contribution in [0.5, 0.6) is 0 Å². The number of aliphatic hydroxyl groups is 1. The Labute approximate surface area is 257 Å². The van der Waals surface area contributed by atoms with E-state index in [0.29, 0.717) is 36.2 Å². The molecule has 238 valence electrons. The molecule has 0 bridgehead atoms. The standard InChI is InChI=1S/C38H62O4/c1-23(2)26-13-18-38(22-42-33(41)27(24(3)4)21-25(5)39)20-19-36(9)28(32(26)38)11-12-30-35(8)16-15-31(40)34(6,7)29(35)14-17-37(30,36)10/h24,26-32,40H,1,11-22H2,2-10H3/t26-,27?,28?,29-,30+,31-,32+,35-,36+,37+,38+/m0/s1. The van der Waals surface area contributed by atoms with E-state index in [4.69, 9.17) is 4.74 Å². The lowest BCUT2D eigenvalue weighted by Crippen LogP contribution is -2.66. The van der Waals surface area contributed by atoms with Crippen LogP contribution >= 0.6 is 0 Å². The lowest BCUT2D eigenvalue weighted by atomic mass is 9.32. The van der Waals surface area contributed by atoms with Crippen LogP contribution in [0.2, 0.25) is 0 Å². The van der Waals surface area contributed by atoms with Crippen LogP contribution in [0.4, 0.5) is 0 Å². The van der Waals surface area contributed by atoms with Gasteiger partial charge in [-0.2, -0.15) is 0 Å². The molecule has 5 saturated carbocycles. The second kappa shape index (κ2) is 10.7. The molecule has 4 heteroatoms. The van der Waals surface area contributed by atoms with Gasteiger partial charge in [0.2, 0.25) is 0 Å². The van der Waals surface area contributed by atoms with Crippen molar-refractivity contribution in [3.8, 4) is 0 Å². The number of esters is 1. The Morgan fingerprint density at radius 3 is 2.17 bits per heavy atom. The Morgan fingerprint density at radius 1 is 0.857 bits per heavy atom. The van der Waals surface area contributed by atoms with E-state index in [1.807, 2.05) is 13.8 Å². The average Bonchev–Trinajstić information content (AvgIpc) is 3.29. The molecule has 0 aromatic rings. The van der Waals surface area contributed by atoms with Gasteiger partial charge in [0, 0.05) is 11.8 Å². The third-order valence-electron chi connectivity index (χ3n) is 15.3. The summed E-state index contributed by atoms with van der Waals surface area (Å²) in [7, 11) is 0. The first-order chi connectivity index (χ1) is 19.4. The van der Waals surface area contributed by atoms with E-state index >= 15 is 0 Å². The van der Waals surface area contributed by atoms with E-state index in [-0.39, 0.29) is 63.2 Å². The first kappa shape index (κ1) is 32.2. The molecule has 5 fully saturated rings. The Bertz CT molecular complexity index is 1090. The molecule has 0 amide bonds. The molecule has 2 unspecified atom stereocenters. The Balaban J connectivity index is 1.45. The number of hydrogen-bond acceptors (Lipinski definition) is 4. The van der Waals surface area contributed by atoms with E-state index in [1.54, 1.807) is 6.92 Å². The van der Waals surface area contributed by atoms with Crippen molar-refractivity contribution in [3.63, 3.8) is 0 Å². The van der Waals surface area contributed by atoms with Gasteiger partial charge < -0.3 is 14.6 Å². The second-order valence-corrected chi connectivity index (χ2v) is 17.8. The summed E-state index contributed by atoms with van der Waals surface area (Å²) >= 11 is 0. The number of rotatable bonds is 7. The Kier molecular flexibility index (Phi) is 8.24. The van der Waals surface area contributed by atoms with E-state index in [0.717, 1.165) is 32.1 Å². The summed E-state index contributed by atoms with van der Waals surface area (Å²) in [6, 6.07) is 0. The SMILES string of the molecule is C=C(C)[C@@H]1CC[C@]2(COC(=O)C(CC(C)=O)C(C)C)CC[C@]3(C)C(CC[C@@H]4[C@@]5(C)CC[C@H](O)C(C)(C)[C@@H]5CC[C@]43C)[C@@H]12. The van der Waals surface area contributed by atoms with Crippen LogP contribution in [0, 0.1) is 68.5 Å². The molecule has 5 aliphatic carbocycles. The minimum Gasteiger partial charge on any atom is -0.465 e. The number of ketones is 1. The number of ether oxygens (including phenoxy) is 1. The third kappa shape index (κ3) is 4.61. The average molecular weight is 583 g/mol. The summed E-state index contributed by atoms with van der Waals surface area (Å²) in [5, 5.41) is 11.0. The molecular formula is C38H62O4. The highest BCUT2D eigenvalue weighted by atomic mass is 16.5. The normalized spacial score (nSPS) is 46.5. The van der Waals surface area contributed by atoms with Gasteiger partial charge in [-0.15, -0.1) is 0 Å². The smallest absolute Gasteiger partial charge is 0.309 e. The lowest BCUT2D eigenvalue weighted by molar-refractivity contribution is -0.250. The molecular weight excluding hydrogens is 520 g/mol. The molecule has 0 heterocycles. The number of allylic oxidation sites excluding steroid dienone is 1. The van der Waals surface area contributed by atoms with E-state index in [2.05, 4.69) is 48.1 Å². The van der Waals surface area contributed by atoms with Gasteiger partial charge in [-0.25, -0.2) is 0 Å². The van der Waals surface area contributed by atoms with Crippen LogP contribution in [-0.2, 0) is 14.3 Å². The maximum Gasteiger partial charge on any atom is 0.309 e. The van der Waals surface area contributed by atoms with Gasteiger partial charge in [-0.3, -0.25) is 4.79 Å². The zero-order valence-corrected chi connectivity index (χ0v) is 28.5. The zero-order valence-electron chi connectivity index (χ0n) is 28.5. The molecule has 42 heavy (non-hydrogen) atoms. The molecule has 5 rings (SSSR count). The summed E-state index contributed by atoms with van der Waals surface area (Å²) in [5.41, 5.74) is 2.09. The van der Waals surface area contributed by atoms with Crippen LogP contribution < -0.4 is 0 Å². The molecule has 0 saturated heterocycles. The molecule has 4 nitrogen and oxygen atoms in total. The predicted octanol–water partition coefficient (Wildman–Crippen LogP) is 8.80. The predicted molar refractivity (Wildman–Crippen MR) is 170 cm³/mol. The number of carbonyl (C=O) groups is 2. The van der Waals surface area contributed by atoms with Gasteiger partial charge in [0.1, 0.15) is 5.78 Å². The molecule has 5 aliphatic rings. The van der Waals surface area contributed by atoms with Crippen molar-refractivity contribution in [2.24, 2.45) is 68.5 Å². The summed E-state index contributed by atoms with van der Waals surface area (Å²) < 4.78 is 6.26. The van der Waals surface area contributed by atoms with Crippen molar-refractivity contribution in [3.05, 3.63) is 12.2 Å². The van der Waals surface area contributed by atoms with E-state index in [1.165, 1.54) is 37.7 Å². The zero-order chi connectivity index (χ0) is 31.0. The molecule has 0 radical (unpaired) electrons. The summed E-state index contributed by atoms with van der Waals surface area (Å²) in [4.78, 5) is 25.3. The molecule has 0 aliphatic heterocycles. The van der Waals surface area contributed by atoms with E-state index < -0.39 is 0 Å². The highest BCUT2D eigenvalue weighted by molar-refractivity contribution is 5.83. The number of hydrogen-bond donors (Lipinski definition) is 1. The first-order valence-corrected chi connectivity index (χ1v) is 17.4. The summed E-state index contributed by atoms with van der Waals surface area (Å²) in [6.07, 6.45) is 11.8. The van der Waals surface area contributed by atoms with Crippen molar-refractivity contribution in [1.29, 1.82) is 0 Å². The van der Waals surface area contributed by atoms with Gasteiger partial charge in [-0.05, 0) is 135 Å². The molecule has 0 aromatic carbocycles. The quantitative estimate of drug-likeness (QED) is 0.241. The highest BCUT2D eigenvalue weighted by Crippen LogP contribution is 2.77. The molecule has 11 atom stereocenters. The lowest BCUT2D eigenvalue weighted by Gasteiger charge is -2.73. The number of carbonyl (C=O) groups excluding carboxylic acids is 2. The maximum absolute atomic E-state index is 13.4. The van der Waals surface area contributed by atoms with Gasteiger partial charge in [0.05, 0.1) is 18.6 Å². The fourth-order valence-electron chi connectivity index (χ4n) is 12.7. The van der Waals surface area contributed by atoms with Crippen LogP contribution in [0.15, 0.2) is 12.2 Å². The van der Waals surface area contributed by atoms with Gasteiger partial charge >= 0.3 is 5.97 Å². The van der Waals surface area contributed by atoms with Crippen molar-refractivity contribution >= 4 is 11.8 Å². The number of Topliss-reactive ketones (excluding diaryl/α,β-unsaturated/α-hetero) is 1. The summed E-state index contributed by atoms with van der Waals surface area (Å²) in [5.74, 6) is 2.48. The first-order valence-electron chi connectivity index (χ1n) is 17.4. The topological polar surface area (TPSA) is 63.6 Å². The number of fused-ring (bicyclic) bond motifs is 7. The van der Waals surface area contributed by atoms with Gasteiger partial charge in [-0.1, -0.05) is 60.6 Å². The summed E-state index contributed by atoms with van der Waals surface area (Å²) in [6.45, 7) is 25.5. The largest absolute Gasteiger partial charge is 0.465 e. The third-order valence-corrected chi connectivity index (χ3v) is 15.3. The second-order valence-electron chi connectivity index (χ2n) is 17.8. The minimum absolute atomic E-state index is 0.0163.